The van der Waals surface area contributed by atoms with E-state index in [0.717, 1.165) is 0 Å². The summed E-state index contributed by atoms with van der Waals surface area (Å²) in [7, 11) is 0. The minimum absolute atomic E-state index is 1.19. The summed E-state index contributed by atoms with van der Waals surface area (Å²) >= 11 is 0. The van der Waals surface area contributed by atoms with Crippen molar-refractivity contribution in [2.24, 2.45) is 0 Å². The van der Waals surface area contributed by atoms with Crippen molar-refractivity contribution in [3.8, 4) is 16.8 Å². The lowest BCUT2D eigenvalue weighted by atomic mass is 9.99. The molecular formula is C29H21N. The van der Waals surface area contributed by atoms with Gasteiger partial charge in [0.25, 0.3) is 0 Å². The van der Waals surface area contributed by atoms with Crippen LogP contribution >= 0.6 is 0 Å². The monoisotopic (exact) mass is 383 g/mol. The third kappa shape index (κ3) is 2.56. The molecule has 0 spiro atoms. The molecule has 0 atom stereocenters. The minimum atomic E-state index is 1.19. The number of para-hydroxylation sites is 1. The highest BCUT2D eigenvalue weighted by Crippen LogP contribution is 2.38. The first-order valence-electron chi connectivity index (χ1n) is 10.4. The number of aromatic nitrogens is 1. The van der Waals surface area contributed by atoms with Gasteiger partial charge in [0.05, 0.1) is 11.0 Å². The van der Waals surface area contributed by atoms with Crippen LogP contribution in [0.25, 0.3) is 49.4 Å². The maximum absolute atomic E-state index is 2.39. The zero-order chi connectivity index (χ0) is 20.1. The average Bonchev–Trinajstić information content (AvgIpc) is 3.14. The third-order valence-electron chi connectivity index (χ3n) is 6.02. The molecule has 0 amide bonds. The van der Waals surface area contributed by atoms with Crippen molar-refractivity contribution in [2.75, 3.05) is 0 Å². The van der Waals surface area contributed by atoms with E-state index in [9.17, 15) is 0 Å². The van der Waals surface area contributed by atoms with Gasteiger partial charge in [0, 0.05) is 16.5 Å². The first kappa shape index (κ1) is 17.1. The molecular weight excluding hydrogens is 362 g/mol. The van der Waals surface area contributed by atoms with Gasteiger partial charge in [-0.2, -0.15) is 0 Å². The molecule has 1 heterocycles. The summed E-state index contributed by atoms with van der Waals surface area (Å²) in [6.45, 7) is 2.15. The summed E-state index contributed by atoms with van der Waals surface area (Å²) in [5, 5.41) is 5.19. The second kappa shape index (κ2) is 6.60. The molecule has 0 aliphatic heterocycles. The normalized spacial score (nSPS) is 11.5. The summed E-state index contributed by atoms with van der Waals surface area (Å²) < 4.78 is 2.39. The van der Waals surface area contributed by atoms with E-state index < -0.39 is 0 Å². The predicted octanol–water partition coefficient (Wildman–Crippen LogP) is 7.91. The van der Waals surface area contributed by atoms with Crippen LogP contribution in [-0.2, 0) is 0 Å². The molecule has 1 aromatic heterocycles. The molecule has 5 aromatic carbocycles. The topological polar surface area (TPSA) is 4.93 Å². The van der Waals surface area contributed by atoms with Crippen LogP contribution in [-0.4, -0.2) is 4.57 Å². The lowest BCUT2D eigenvalue weighted by molar-refractivity contribution is 1.18. The van der Waals surface area contributed by atoms with E-state index in [-0.39, 0.29) is 0 Å². The van der Waals surface area contributed by atoms with Gasteiger partial charge in [0.1, 0.15) is 0 Å². The second-order valence-electron chi connectivity index (χ2n) is 7.95. The van der Waals surface area contributed by atoms with Crippen LogP contribution in [0.15, 0.2) is 109 Å². The quantitative estimate of drug-likeness (QED) is 0.286. The number of rotatable bonds is 2. The Balaban J connectivity index is 1.77. The minimum Gasteiger partial charge on any atom is -0.309 e. The van der Waals surface area contributed by atoms with Gasteiger partial charge < -0.3 is 4.57 Å². The first-order valence-corrected chi connectivity index (χ1v) is 10.4. The molecule has 1 nitrogen and oxygen atoms in total. The number of benzene rings is 5. The second-order valence-corrected chi connectivity index (χ2v) is 7.95. The fourth-order valence-electron chi connectivity index (χ4n) is 4.65. The molecule has 142 valence electrons. The van der Waals surface area contributed by atoms with Gasteiger partial charge in [-0.25, -0.2) is 0 Å². The molecule has 6 rings (SSSR count). The van der Waals surface area contributed by atoms with Gasteiger partial charge in [0.2, 0.25) is 0 Å². The smallest absolute Gasteiger partial charge is 0.0547 e. The maximum Gasteiger partial charge on any atom is 0.0547 e. The Kier molecular flexibility index (Phi) is 3.75. The maximum atomic E-state index is 2.39. The highest BCUT2D eigenvalue weighted by molar-refractivity contribution is 6.21. The van der Waals surface area contributed by atoms with Gasteiger partial charge >= 0.3 is 0 Å². The summed E-state index contributed by atoms with van der Waals surface area (Å²) in [4.78, 5) is 0. The SMILES string of the molecule is Cc1cccc(-c2ccc3c(c2)c2c4ccccc4ccc2n3-c2ccccc2)c1. The number of nitrogens with zero attached hydrogens (tertiary/aromatic N) is 1. The van der Waals surface area contributed by atoms with Crippen LogP contribution < -0.4 is 0 Å². The van der Waals surface area contributed by atoms with Gasteiger partial charge in [-0.15, -0.1) is 0 Å². The molecule has 0 aliphatic carbocycles. The lowest BCUT2D eigenvalue weighted by Crippen LogP contribution is -1.93. The number of aryl methyl sites for hydroxylation is 1. The molecule has 1 heteroatoms. The first-order chi connectivity index (χ1) is 14.8. The van der Waals surface area contributed by atoms with E-state index in [1.165, 1.54) is 55.0 Å². The Morgan fingerprint density at radius 1 is 0.533 bits per heavy atom. The fraction of sp³-hybridized carbons (Fsp3) is 0.0345. The molecule has 0 aliphatic rings. The molecule has 30 heavy (non-hydrogen) atoms. The Labute approximate surface area is 175 Å². The van der Waals surface area contributed by atoms with Gasteiger partial charge in [-0.05, 0) is 59.2 Å². The van der Waals surface area contributed by atoms with Gasteiger partial charge in [0.15, 0.2) is 0 Å². The van der Waals surface area contributed by atoms with Crippen molar-refractivity contribution in [3.63, 3.8) is 0 Å². The molecule has 0 radical (unpaired) electrons. The van der Waals surface area contributed by atoms with E-state index in [1.807, 2.05) is 0 Å². The van der Waals surface area contributed by atoms with Crippen LogP contribution in [0.1, 0.15) is 5.56 Å². The van der Waals surface area contributed by atoms with Crippen LogP contribution in [0.4, 0.5) is 0 Å². The van der Waals surface area contributed by atoms with Crippen LogP contribution in [0, 0.1) is 6.92 Å². The lowest BCUT2D eigenvalue weighted by Gasteiger charge is -2.08. The summed E-state index contributed by atoms with van der Waals surface area (Å²) in [5.74, 6) is 0. The van der Waals surface area contributed by atoms with Gasteiger partial charge in [-0.3, -0.25) is 0 Å². The Morgan fingerprint density at radius 3 is 2.17 bits per heavy atom. The number of hydrogen-bond acceptors (Lipinski definition) is 0. The summed E-state index contributed by atoms with van der Waals surface area (Å²) in [5.41, 5.74) is 7.48. The number of fused-ring (bicyclic) bond motifs is 5. The zero-order valence-electron chi connectivity index (χ0n) is 16.8. The molecule has 0 unspecified atom stereocenters. The molecule has 0 saturated carbocycles. The van der Waals surface area contributed by atoms with E-state index in [1.54, 1.807) is 0 Å². The third-order valence-corrected chi connectivity index (χ3v) is 6.02. The van der Waals surface area contributed by atoms with Crippen LogP contribution in [0.2, 0.25) is 0 Å². The zero-order valence-corrected chi connectivity index (χ0v) is 16.8. The summed E-state index contributed by atoms with van der Waals surface area (Å²) in [6, 6.07) is 39.5. The van der Waals surface area contributed by atoms with Crippen molar-refractivity contribution in [3.05, 3.63) is 115 Å². The fourth-order valence-corrected chi connectivity index (χ4v) is 4.65. The van der Waals surface area contributed by atoms with Crippen LogP contribution in [0.5, 0.6) is 0 Å². The predicted molar refractivity (Wildman–Crippen MR) is 128 cm³/mol. The van der Waals surface area contributed by atoms with E-state index in [2.05, 4.69) is 121 Å². The van der Waals surface area contributed by atoms with Crippen molar-refractivity contribution in [1.82, 2.24) is 4.57 Å². The largest absolute Gasteiger partial charge is 0.309 e. The molecule has 0 fully saturated rings. The average molecular weight is 383 g/mol. The van der Waals surface area contributed by atoms with E-state index in [0.29, 0.717) is 0 Å². The molecule has 0 bridgehead atoms. The highest BCUT2D eigenvalue weighted by atomic mass is 15.0. The molecule has 6 aromatic rings. The van der Waals surface area contributed by atoms with E-state index >= 15 is 0 Å². The Morgan fingerprint density at radius 2 is 1.30 bits per heavy atom. The van der Waals surface area contributed by atoms with Gasteiger partial charge in [-0.1, -0.05) is 84.4 Å². The van der Waals surface area contributed by atoms with Crippen molar-refractivity contribution in [2.45, 2.75) is 6.92 Å². The van der Waals surface area contributed by atoms with Crippen molar-refractivity contribution < 1.29 is 0 Å². The number of hydrogen-bond donors (Lipinski definition) is 0. The Hall–Kier alpha value is -3.84. The van der Waals surface area contributed by atoms with Crippen molar-refractivity contribution in [1.29, 1.82) is 0 Å². The van der Waals surface area contributed by atoms with E-state index in [4.69, 9.17) is 0 Å². The highest BCUT2D eigenvalue weighted by Gasteiger charge is 2.15. The standard InChI is InChI=1S/C29H21N/c1-20-8-7-10-22(18-20)23-15-16-27-26(19-23)29-25-13-6-5-9-21(25)14-17-28(29)30(27)24-11-3-2-4-12-24/h2-19H,1H3. The molecule has 0 saturated heterocycles. The Bertz CT molecular complexity index is 1540. The summed E-state index contributed by atoms with van der Waals surface area (Å²) in [6.07, 6.45) is 0. The van der Waals surface area contributed by atoms with Crippen molar-refractivity contribution >= 4 is 32.6 Å². The van der Waals surface area contributed by atoms with Crippen LogP contribution in [0.3, 0.4) is 0 Å². The molecule has 0 N–H and O–H groups in total.